The minimum absolute atomic E-state index is 0.350. The average molecular weight is 299 g/mol. The topological polar surface area (TPSA) is 26.3 Å². The van der Waals surface area contributed by atoms with Crippen LogP contribution in [0.1, 0.15) is 61.8 Å². The van der Waals surface area contributed by atoms with Gasteiger partial charge in [0.05, 0.1) is 0 Å². The molecular weight excluding hydrogens is 264 g/mol. The molecule has 1 atom stereocenters. The molecule has 0 aliphatic carbocycles. The van der Waals surface area contributed by atoms with Crippen molar-refractivity contribution in [1.82, 2.24) is 0 Å². The van der Waals surface area contributed by atoms with Crippen LogP contribution in [0.3, 0.4) is 0 Å². The second-order valence-electron chi connectivity index (χ2n) is 6.83. The van der Waals surface area contributed by atoms with Gasteiger partial charge in [0.1, 0.15) is 6.29 Å². The maximum Gasteiger partial charge on any atom is 0.200 e. The number of carbonyl (C=O) groups is 1. The number of rotatable bonds is 9. The van der Waals surface area contributed by atoms with Gasteiger partial charge in [-0.1, -0.05) is 54.5 Å². The molecule has 0 aliphatic rings. The van der Waals surface area contributed by atoms with E-state index in [9.17, 15) is 4.79 Å². The molecule has 0 saturated heterocycles. The molecule has 0 N–H and O–H groups in total. The van der Waals surface area contributed by atoms with Crippen LogP contribution >= 0.6 is 0 Å². The molecule has 0 fully saturated rings. The molecule has 0 heterocycles. The third-order valence-electron chi connectivity index (χ3n) is 4.46. The van der Waals surface area contributed by atoms with Crippen LogP contribution in [0.4, 0.5) is 0 Å². The van der Waals surface area contributed by atoms with E-state index in [0.29, 0.717) is 22.5 Å². The molecule has 20 heavy (non-hydrogen) atoms. The van der Waals surface area contributed by atoms with E-state index in [-0.39, 0.29) is 0 Å². The highest BCUT2D eigenvalue weighted by Crippen LogP contribution is 2.42. The van der Waals surface area contributed by atoms with Crippen molar-refractivity contribution >= 4 is 14.6 Å². The van der Waals surface area contributed by atoms with E-state index >= 15 is 0 Å². The molecule has 0 spiro atoms. The lowest BCUT2D eigenvalue weighted by atomic mass is 10.1. The van der Waals surface area contributed by atoms with Gasteiger partial charge in [0.2, 0.25) is 0 Å². The maximum absolute atomic E-state index is 10.8. The van der Waals surface area contributed by atoms with Crippen molar-refractivity contribution in [2.45, 2.75) is 78.4 Å². The van der Waals surface area contributed by atoms with Crippen LogP contribution < -0.4 is 0 Å². The van der Waals surface area contributed by atoms with E-state index in [4.69, 9.17) is 4.43 Å². The molecule has 0 amide bonds. The van der Waals surface area contributed by atoms with Crippen LogP contribution in [0.25, 0.3) is 0 Å². The highest BCUT2D eigenvalue weighted by Gasteiger charge is 2.45. The number of carbonyl (C=O) groups excluding carboxylic acids is 1. The fourth-order valence-corrected chi connectivity index (χ4v) is 8.95. The van der Waals surface area contributed by atoms with Gasteiger partial charge in [-0.05, 0) is 41.5 Å². The Hall–Kier alpha value is -0.413. The van der Waals surface area contributed by atoms with Gasteiger partial charge in [-0.25, -0.2) is 0 Å². The van der Waals surface area contributed by atoms with Gasteiger partial charge in [0, 0.05) is 6.61 Å². The number of allylic oxidation sites excluding steroid dienone is 1. The van der Waals surface area contributed by atoms with Gasteiger partial charge in [-0.15, -0.1) is 0 Å². The van der Waals surface area contributed by atoms with Gasteiger partial charge in [0.25, 0.3) is 0 Å². The Morgan fingerprint density at radius 1 is 1.05 bits per heavy atom. The summed E-state index contributed by atoms with van der Waals surface area (Å²) in [5.74, 6) is 0.350. The quantitative estimate of drug-likeness (QED) is 0.326. The second kappa shape index (κ2) is 8.78. The summed E-state index contributed by atoms with van der Waals surface area (Å²) in [7, 11) is -1.79. The largest absolute Gasteiger partial charge is 0.415 e. The monoisotopic (exact) mass is 298 g/mol. The van der Waals surface area contributed by atoms with Crippen LogP contribution in [0.2, 0.25) is 16.6 Å². The van der Waals surface area contributed by atoms with E-state index in [2.05, 4.69) is 54.5 Å². The van der Waals surface area contributed by atoms with Crippen molar-refractivity contribution in [2.75, 3.05) is 6.61 Å². The van der Waals surface area contributed by atoms with Crippen LogP contribution in [0, 0.1) is 5.92 Å². The summed E-state index contributed by atoms with van der Waals surface area (Å²) in [6.07, 6.45) is 4.01. The Balaban J connectivity index is 5.05. The van der Waals surface area contributed by atoms with Crippen LogP contribution in [0.5, 0.6) is 0 Å². The lowest BCUT2D eigenvalue weighted by Crippen LogP contribution is -2.48. The van der Waals surface area contributed by atoms with Crippen LogP contribution in [-0.2, 0) is 9.22 Å². The first-order valence-corrected chi connectivity index (χ1v) is 10.1. The smallest absolute Gasteiger partial charge is 0.200 e. The summed E-state index contributed by atoms with van der Waals surface area (Å²) in [5.41, 5.74) is 2.63. The SMILES string of the molecule is CCC(/C=C(\C)C=O)CO[Si](C(C)C)(C(C)C)C(C)C. The standard InChI is InChI=1S/C17H34O2Si/c1-9-17(10-16(8)11-18)12-19-20(13(2)3,14(4)5)15(6)7/h10-11,13-15,17H,9,12H2,1-8H3/b16-10+. The van der Waals surface area contributed by atoms with Crippen LogP contribution in [0.15, 0.2) is 11.6 Å². The molecule has 0 bridgehead atoms. The molecule has 0 aromatic rings. The molecule has 2 nitrogen and oxygen atoms in total. The predicted octanol–water partition coefficient (Wildman–Crippen LogP) is 5.35. The molecule has 118 valence electrons. The van der Waals surface area contributed by atoms with Crippen molar-refractivity contribution in [3.05, 3.63) is 11.6 Å². The second-order valence-corrected chi connectivity index (χ2v) is 12.3. The third-order valence-corrected chi connectivity index (χ3v) is 10.5. The van der Waals surface area contributed by atoms with Gasteiger partial charge in [-0.3, -0.25) is 4.79 Å². The number of hydrogen-bond donors (Lipinski definition) is 0. The third kappa shape index (κ3) is 4.85. The fraction of sp³-hybridized carbons (Fsp3) is 0.824. The minimum atomic E-state index is -1.79. The Morgan fingerprint density at radius 2 is 1.50 bits per heavy atom. The highest BCUT2D eigenvalue weighted by atomic mass is 28.4. The first kappa shape index (κ1) is 19.6. The Kier molecular flexibility index (Phi) is 8.60. The van der Waals surface area contributed by atoms with E-state index < -0.39 is 8.32 Å². The summed E-state index contributed by atoms with van der Waals surface area (Å²) >= 11 is 0. The lowest BCUT2D eigenvalue weighted by Gasteiger charge is -2.42. The first-order valence-electron chi connectivity index (χ1n) is 7.99. The summed E-state index contributed by atoms with van der Waals surface area (Å²) in [4.78, 5) is 10.8. The van der Waals surface area contributed by atoms with E-state index in [1.807, 2.05) is 6.92 Å². The fourth-order valence-electron chi connectivity index (χ4n) is 3.45. The van der Waals surface area contributed by atoms with Crippen molar-refractivity contribution < 1.29 is 9.22 Å². The molecule has 0 aromatic heterocycles. The highest BCUT2D eigenvalue weighted by molar-refractivity contribution is 6.77. The Morgan fingerprint density at radius 3 is 1.80 bits per heavy atom. The molecule has 1 unspecified atom stereocenters. The average Bonchev–Trinajstić information content (AvgIpc) is 2.36. The summed E-state index contributed by atoms with van der Waals surface area (Å²) in [6, 6.07) is 0. The van der Waals surface area contributed by atoms with Gasteiger partial charge < -0.3 is 4.43 Å². The molecular formula is C17H34O2Si. The zero-order valence-corrected chi connectivity index (χ0v) is 15.7. The van der Waals surface area contributed by atoms with E-state index in [0.717, 1.165) is 24.9 Å². The first-order chi connectivity index (χ1) is 9.22. The summed E-state index contributed by atoms with van der Waals surface area (Å²) in [5, 5.41) is 0. The molecule has 0 rings (SSSR count). The Bertz CT molecular complexity index is 297. The summed E-state index contributed by atoms with van der Waals surface area (Å²) in [6.45, 7) is 18.6. The molecule has 0 saturated carbocycles. The van der Waals surface area contributed by atoms with Gasteiger partial charge >= 0.3 is 0 Å². The van der Waals surface area contributed by atoms with E-state index in [1.165, 1.54) is 0 Å². The van der Waals surface area contributed by atoms with Crippen molar-refractivity contribution in [3.8, 4) is 0 Å². The van der Waals surface area contributed by atoms with Crippen molar-refractivity contribution in [2.24, 2.45) is 5.92 Å². The van der Waals surface area contributed by atoms with E-state index in [1.54, 1.807) is 0 Å². The zero-order chi connectivity index (χ0) is 15.9. The predicted molar refractivity (Wildman–Crippen MR) is 90.6 cm³/mol. The summed E-state index contributed by atoms with van der Waals surface area (Å²) < 4.78 is 6.59. The Labute approximate surface area is 127 Å². The molecule has 0 radical (unpaired) electrons. The zero-order valence-electron chi connectivity index (χ0n) is 14.7. The lowest BCUT2D eigenvalue weighted by molar-refractivity contribution is -0.104. The van der Waals surface area contributed by atoms with Gasteiger partial charge in [0.15, 0.2) is 8.32 Å². The maximum atomic E-state index is 10.8. The minimum Gasteiger partial charge on any atom is -0.415 e. The van der Waals surface area contributed by atoms with Gasteiger partial charge in [-0.2, -0.15) is 0 Å². The molecule has 0 aliphatic heterocycles. The molecule has 0 aromatic carbocycles. The van der Waals surface area contributed by atoms with Crippen LogP contribution in [-0.4, -0.2) is 21.2 Å². The molecule has 3 heteroatoms. The van der Waals surface area contributed by atoms with Crippen molar-refractivity contribution in [3.63, 3.8) is 0 Å². The number of aldehydes is 1. The number of hydrogen-bond acceptors (Lipinski definition) is 2. The normalized spacial score (nSPS) is 15.2. The van der Waals surface area contributed by atoms with Crippen molar-refractivity contribution in [1.29, 1.82) is 0 Å².